The van der Waals surface area contributed by atoms with Gasteiger partial charge in [0.1, 0.15) is 12.1 Å². The molecule has 0 unspecified atom stereocenters. The quantitative estimate of drug-likeness (QED) is 0.632. The van der Waals surface area contributed by atoms with Gasteiger partial charge in [-0.1, -0.05) is 36.0 Å². The first-order valence-corrected chi connectivity index (χ1v) is 10.9. The lowest BCUT2D eigenvalue weighted by atomic mass is 9.99. The van der Waals surface area contributed by atoms with Gasteiger partial charge in [-0.25, -0.2) is 0 Å². The molecule has 0 radical (unpaired) electrons. The third-order valence-corrected chi connectivity index (χ3v) is 6.34. The predicted octanol–water partition coefficient (Wildman–Crippen LogP) is 4.00. The molecule has 0 aliphatic carbocycles. The molecule has 3 aromatic rings. The Morgan fingerprint density at radius 3 is 2.63 bits per heavy atom. The van der Waals surface area contributed by atoms with Gasteiger partial charge in [0, 0.05) is 18.8 Å². The van der Waals surface area contributed by atoms with E-state index in [2.05, 4.69) is 42.3 Å². The summed E-state index contributed by atoms with van der Waals surface area (Å²) in [6.07, 6.45) is 4.58. The standard InChI is InChI=1S/C23H24N4O2S/c1-16-3-6-20(13-17(16)2)27-15-24-25-23(27)30-14-22(29)26-11-9-19(10-12-26)18-4-7-21(28)8-5-18/h3-9,13,15,28H,10-12,14H2,1-2H3. The number of amides is 1. The van der Waals surface area contributed by atoms with Gasteiger partial charge < -0.3 is 10.0 Å². The highest BCUT2D eigenvalue weighted by molar-refractivity contribution is 7.99. The average molecular weight is 421 g/mol. The molecule has 7 heteroatoms. The third-order valence-electron chi connectivity index (χ3n) is 5.41. The number of aromatic hydroxyl groups is 1. The van der Waals surface area contributed by atoms with Gasteiger partial charge in [0.2, 0.25) is 5.91 Å². The van der Waals surface area contributed by atoms with Crippen LogP contribution in [-0.4, -0.2) is 49.5 Å². The lowest BCUT2D eigenvalue weighted by molar-refractivity contribution is -0.127. The number of aryl methyl sites for hydroxylation is 2. The fourth-order valence-corrected chi connectivity index (χ4v) is 4.26. The number of rotatable bonds is 5. The molecular weight excluding hydrogens is 396 g/mol. The Bertz CT molecular complexity index is 1090. The normalized spacial score (nSPS) is 13.9. The Kier molecular flexibility index (Phi) is 5.90. The average Bonchev–Trinajstić information content (AvgIpc) is 3.23. The predicted molar refractivity (Wildman–Crippen MR) is 119 cm³/mol. The van der Waals surface area contributed by atoms with Crippen LogP contribution in [0, 0.1) is 13.8 Å². The van der Waals surface area contributed by atoms with Crippen molar-refractivity contribution in [2.75, 3.05) is 18.8 Å². The van der Waals surface area contributed by atoms with E-state index in [0.29, 0.717) is 24.0 Å². The SMILES string of the molecule is Cc1ccc(-n2cnnc2SCC(=O)N2CC=C(c3ccc(O)cc3)CC2)cc1C. The van der Waals surface area contributed by atoms with Crippen molar-refractivity contribution >= 4 is 23.2 Å². The number of aromatic nitrogens is 3. The van der Waals surface area contributed by atoms with E-state index in [0.717, 1.165) is 17.7 Å². The van der Waals surface area contributed by atoms with Crippen LogP contribution < -0.4 is 0 Å². The minimum atomic E-state index is 0.0932. The Hall–Kier alpha value is -3.06. The molecule has 2 heterocycles. The molecule has 1 N–H and O–H groups in total. The fraction of sp³-hybridized carbons (Fsp3) is 0.261. The topological polar surface area (TPSA) is 71.2 Å². The molecule has 1 amide bonds. The van der Waals surface area contributed by atoms with Crippen LogP contribution in [-0.2, 0) is 4.79 Å². The van der Waals surface area contributed by atoms with Gasteiger partial charge in [-0.2, -0.15) is 0 Å². The summed E-state index contributed by atoms with van der Waals surface area (Å²) < 4.78 is 1.92. The van der Waals surface area contributed by atoms with Crippen LogP contribution in [0.3, 0.4) is 0 Å². The number of hydrogen-bond donors (Lipinski definition) is 1. The highest BCUT2D eigenvalue weighted by atomic mass is 32.2. The van der Waals surface area contributed by atoms with Crippen molar-refractivity contribution < 1.29 is 9.90 Å². The number of hydrogen-bond acceptors (Lipinski definition) is 5. The Morgan fingerprint density at radius 2 is 1.93 bits per heavy atom. The summed E-state index contributed by atoms with van der Waals surface area (Å²) >= 11 is 1.41. The van der Waals surface area contributed by atoms with Gasteiger partial charge >= 0.3 is 0 Å². The number of phenols is 1. The van der Waals surface area contributed by atoms with Crippen LogP contribution >= 0.6 is 11.8 Å². The molecule has 0 fully saturated rings. The van der Waals surface area contributed by atoms with Crippen molar-refractivity contribution in [1.82, 2.24) is 19.7 Å². The van der Waals surface area contributed by atoms with Crippen LogP contribution in [0.1, 0.15) is 23.1 Å². The maximum Gasteiger partial charge on any atom is 0.233 e. The van der Waals surface area contributed by atoms with E-state index in [-0.39, 0.29) is 11.7 Å². The summed E-state index contributed by atoms with van der Waals surface area (Å²) in [6, 6.07) is 13.4. The monoisotopic (exact) mass is 420 g/mol. The number of phenolic OH excluding ortho intramolecular Hbond substituents is 1. The molecule has 154 valence electrons. The molecule has 0 saturated heterocycles. The van der Waals surface area contributed by atoms with E-state index >= 15 is 0 Å². The first-order chi connectivity index (χ1) is 14.5. The smallest absolute Gasteiger partial charge is 0.233 e. The summed E-state index contributed by atoms with van der Waals surface area (Å²) in [5.41, 5.74) is 5.74. The highest BCUT2D eigenvalue weighted by Crippen LogP contribution is 2.25. The van der Waals surface area contributed by atoms with E-state index in [4.69, 9.17) is 0 Å². The van der Waals surface area contributed by atoms with E-state index in [1.165, 1.54) is 28.5 Å². The number of nitrogens with zero attached hydrogens (tertiary/aromatic N) is 4. The lowest BCUT2D eigenvalue weighted by Gasteiger charge is -2.26. The van der Waals surface area contributed by atoms with Crippen LogP contribution in [0.4, 0.5) is 0 Å². The Labute approximate surface area is 180 Å². The fourth-order valence-electron chi connectivity index (χ4n) is 3.43. The van der Waals surface area contributed by atoms with Gasteiger partial charge in [0.05, 0.1) is 5.75 Å². The van der Waals surface area contributed by atoms with Crippen LogP contribution in [0.5, 0.6) is 5.75 Å². The molecule has 0 saturated carbocycles. The molecule has 1 aromatic heterocycles. The summed E-state index contributed by atoms with van der Waals surface area (Å²) in [5, 5.41) is 18.4. The van der Waals surface area contributed by atoms with E-state index < -0.39 is 0 Å². The van der Waals surface area contributed by atoms with E-state index in [1.807, 2.05) is 27.7 Å². The molecular formula is C23H24N4O2S. The molecule has 1 aliphatic rings. The molecule has 30 heavy (non-hydrogen) atoms. The Morgan fingerprint density at radius 1 is 1.13 bits per heavy atom. The van der Waals surface area contributed by atoms with Gasteiger partial charge in [-0.05, 0) is 66.8 Å². The second-order valence-electron chi connectivity index (χ2n) is 7.41. The summed E-state index contributed by atoms with van der Waals surface area (Å²) in [7, 11) is 0. The third kappa shape index (κ3) is 4.41. The molecule has 0 atom stereocenters. The Balaban J connectivity index is 1.37. The number of thioether (sulfide) groups is 1. The van der Waals surface area contributed by atoms with Crippen molar-refractivity contribution in [2.24, 2.45) is 0 Å². The first kappa shape index (κ1) is 20.2. The van der Waals surface area contributed by atoms with Crippen molar-refractivity contribution in [2.45, 2.75) is 25.4 Å². The molecule has 0 spiro atoms. The first-order valence-electron chi connectivity index (χ1n) is 9.88. The molecule has 6 nitrogen and oxygen atoms in total. The maximum absolute atomic E-state index is 12.7. The van der Waals surface area contributed by atoms with Crippen molar-refractivity contribution in [1.29, 1.82) is 0 Å². The van der Waals surface area contributed by atoms with E-state index in [1.54, 1.807) is 18.5 Å². The second kappa shape index (κ2) is 8.75. The summed E-state index contributed by atoms with van der Waals surface area (Å²) in [4.78, 5) is 14.6. The number of carbonyl (C=O) groups is 1. The van der Waals surface area contributed by atoms with Gasteiger partial charge in [0.15, 0.2) is 5.16 Å². The minimum absolute atomic E-state index is 0.0932. The number of carbonyl (C=O) groups excluding carboxylic acids is 1. The van der Waals surface area contributed by atoms with Crippen molar-refractivity contribution in [3.8, 4) is 11.4 Å². The summed E-state index contributed by atoms with van der Waals surface area (Å²) in [6.45, 7) is 5.45. The van der Waals surface area contributed by atoms with E-state index in [9.17, 15) is 9.90 Å². The van der Waals surface area contributed by atoms with Crippen LogP contribution in [0.25, 0.3) is 11.3 Å². The molecule has 4 rings (SSSR count). The molecule has 0 bridgehead atoms. The van der Waals surface area contributed by atoms with Gasteiger partial charge in [0.25, 0.3) is 0 Å². The maximum atomic E-state index is 12.7. The second-order valence-corrected chi connectivity index (χ2v) is 8.35. The number of benzene rings is 2. The highest BCUT2D eigenvalue weighted by Gasteiger charge is 2.19. The largest absolute Gasteiger partial charge is 0.508 e. The van der Waals surface area contributed by atoms with Crippen LogP contribution in [0.15, 0.2) is 60.0 Å². The molecule has 1 aliphatic heterocycles. The van der Waals surface area contributed by atoms with Crippen molar-refractivity contribution in [3.05, 3.63) is 71.6 Å². The summed E-state index contributed by atoms with van der Waals surface area (Å²) in [5.74, 6) is 0.680. The lowest BCUT2D eigenvalue weighted by Crippen LogP contribution is -2.35. The van der Waals surface area contributed by atoms with Crippen LogP contribution in [0.2, 0.25) is 0 Å². The zero-order valence-corrected chi connectivity index (χ0v) is 17.9. The van der Waals surface area contributed by atoms with Crippen molar-refractivity contribution in [3.63, 3.8) is 0 Å². The zero-order valence-electron chi connectivity index (χ0n) is 17.1. The zero-order chi connectivity index (χ0) is 21.1. The molecule has 2 aromatic carbocycles. The van der Waals surface area contributed by atoms with Gasteiger partial charge in [-0.3, -0.25) is 9.36 Å². The minimum Gasteiger partial charge on any atom is -0.508 e. The van der Waals surface area contributed by atoms with Gasteiger partial charge in [-0.15, -0.1) is 10.2 Å².